The predicted molar refractivity (Wildman–Crippen MR) is 76.1 cm³/mol. The summed E-state index contributed by atoms with van der Waals surface area (Å²) < 4.78 is 30.8. The van der Waals surface area contributed by atoms with Gasteiger partial charge in [0.1, 0.15) is 22.6 Å². The first-order valence-electron chi connectivity index (χ1n) is 7.56. The van der Waals surface area contributed by atoms with Crippen molar-refractivity contribution in [2.75, 3.05) is 0 Å². The second-order valence-electron chi connectivity index (χ2n) is 4.08. The van der Waals surface area contributed by atoms with Gasteiger partial charge in [-0.3, -0.25) is 4.79 Å². The van der Waals surface area contributed by atoms with E-state index in [1.54, 1.807) is 0 Å². The van der Waals surface area contributed by atoms with E-state index in [1.165, 1.54) is 48.5 Å². The Bertz CT molecular complexity index is 829. The molecule has 0 aliphatic carbocycles. The standard InChI is InChI=1S/C16H12O6/c1-10(17)21-14-9-5-3-7-12(14)16(20)22-13-8-4-2-6-11(13)15(18)19/h2-9H,1H3,(H,18,19)/i1D3. The van der Waals surface area contributed by atoms with Crippen LogP contribution in [-0.4, -0.2) is 23.0 Å². The fraction of sp³-hybridized carbons (Fsp3) is 0.0625. The SMILES string of the molecule is [2H]C([2H])([2H])C(=O)Oc1ccccc1C(=O)Oc1ccccc1C(=O)O. The number of carboxylic acid groups (broad SMARTS) is 1. The zero-order chi connectivity index (χ0) is 18.6. The topological polar surface area (TPSA) is 89.9 Å². The van der Waals surface area contributed by atoms with E-state index in [0.717, 1.165) is 0 Å². The number of hydrogen-bond donors (Lipinski definition) is 1. The third-order valence-electron chi connectivity index (χ3n) is 2.63. The molecule has 0 bridgehead atoms. The average molecular weight is 303 g/mol. The van der Waals surface area contributed by atoms with E-state index in [2.05, 4.69) is 0 Å². The average Bonchev–Trinajstić information content (AvgIpc) is 2.54. The Morgan fingerprint density at radius 3 is 2.05 bits per heavy atom. The Hall–Kier alpha value is -3.15. The molecule has 6 heteroatoms. The van der Waals surface area contributed by atoms with Crippen molar-refractivity contribution in [2.24, 2.45) is 0 Å². The first-order valence-corrected chi connectivity index (χ1v) is 6.06. The van der Waals surface area contributed by atoms with Crippen LogP contribution in [0, 0.1) is 0 Å². The van der Waals surface area contributed by atoms with Crippen molar-refractivity contribution in [3.63, 3.8) is 0 Å². The molecular formula is C16H12O6. The number of carbonyl (C=O) groups is 3. The summed E-state index contributed by atoms with van der Waals surface area (Å²) in [7, 11) is 0. The highest BCUT2D eigenvalue weighted by Gasteiger charge is 2.19. The van der Waals surface area contributed by atoms with Crippen molar-refractivity contribution in [1.29, 1.82) is 0 Å². The summed E-state index contributed by atoms with van der Waals surface area (Å²) in [5, 5.41) is 9.09. The number of carbonyl (C=O) groups excluding carboxylic acids is 2. The number of benzene rings is 2. The molecule has 0 unspecified atom stereocenters. The lowest BCUT2D eigenvalue weighted by Gasteiger charge is -2.10. The van der Waals surface area contributed by atoms with Gasteiger partial charge in [-0.25, -0.2) is 9.59 Å². The van der Waals surface area contributed by atoms with E-state index in [-0.39, 0.29) is 22.6 Å². The highest BCUT2D eigenvalue weighted by Crippen LogP contribution is 2.23. The molecule has 0 radical (unpaired) electrons. The summed E-state index contributed by atoms with van der Waals surface area (Å²) in [5.74, 6) is -4.29. The molecule has 112 valence electrons. The summed E-state index contributed by atoms with van der Waals surface area (Å²) in [4.78, 5) is 34.9. The Morgan fingerprint density at radius 1 is 0.909 bits per heavy atom. The van der Waals surface area contributed by atoms with Gasteiger partial charge in [0.2, 0.25) is 0 Å². The van der Waals surface area contributed by atoms with Crippen LogP contribution in [0.5, 0.6) is 11.5 Å². The van der Waals surface area contributed by atoms with E-state index in [4.69, 9.17) is 18.7 Å². The summed E-state index contributed by atoms with van der Waals surface area (Å²) in [6.07, 6.45) is 0. The number of hydrogen-bond acceptors (Lipinski definition) is 5. The van der Waals surface area contributed by atoms with E-state index in [9.17, 15) is 14.4 Å². The minimum absolute atomic E-state index is 0.197. The zero-order valence-corrected chi connectivity index (χ0v) is 11.1. The van der Waals surface area contributed by atoms with Gasteiger partial charge in [0.25, 0.3) is 0 Å². The lowest BCUT2D eigenvalue weighted by atomic mass is 10.2. The largest absolute Gasteiger partial charge is 0.478 e. The molecule has 0 amide bonds. The first-order chi connectivity index (χ1) is 11.7. The maximum atomic E-state index is 12.3. The molecule has 0 fully saturated rings. The smallest absolute Gasteiger partial charge is 0.347 e. The third-order valence-corrected chi connectivity index (χ3v) is 2.63. The Labute approximate surface area is 130 Å². The number of aromatic carboxylic acids is 1. The van der Waals surface area contributed by atoms with Crippen molar-refractivity contribution in [3.8, 4) is 11.5 Å². The third kappa shape index (κ3) is 3.49. The lowest BCUT2D eigenvalue weighted by Crippen LogP contribution is -2.14. The molecule has 0 heterocycles. The van der Waals surface area contributed by atoms with Gasteiger partial charge >= 0.3 is 17.9 Å². The molecule has 0 saturated carbocycles. The molecule has 22 heavy (non-hydrogen) atoms. The van der Waals surface area contributed by atoms with Crippen LogP contribution in [0.4, 0.5) is 0 Å². The minimum Gasteiger partial charge on any atom is -0.478 e. The second kappa shape index (κ2) is 6.53. The van der Waals surface area contributed by atoms with Gasteiger partial charge in [0, 0.05) is 11.0 Å². The number of para-hydroxylation sites is 2. The van der Waals surface area contributed by atoms with Crippen LogP contribution in [0.3, 0.4) is 0 Å². The molecule has 0 aliphatic rings. The van der Waals surface area contributed by atoms with E-state index < -0.39 is 24.8 Å². The zero-order valence-electron chi connectivity index (χ0n) is 14.1. The molecule has 2 aromatic rings. The van der Waals surface area contributed by atoms with Crippen LogP contribution in [0.1, 0.15) is 31.7 Å². The van der Waals surface area contributed by atoms with Gasteiger partial charge in [-0.05, 0) is 24.3 Å². The van der Waals surface area contributed by atoms with Crippen LogP contribution in [0.25, 0.3) is 0 Å². The fourth-order valence-corrected chi connectivity index (χ4v) is 1.71. The van der Waals surface area contributed by atoms with Crippen molar-refractivity contribution < 1.29 is 33.1 Å². The summed E-state index contributed by atoms with van der Waals surface area (Å²) in [6, 6.07) is 10.9. The molecule has 0 saturated heterocycles. The quantitative estimate of drug-likeness (QED) is 0.689. The maximum Gasteiger partial charge on any atom is 0.347 e. The molecule has 0 atom stereocenters. The molecule has 2 aromatic carbocycles. The number of esters is 2. The van der Waals surface area contributed by atoms with Crippen LogP contribution >= 0.6 is 0 Å². The van der Waals surface area contributed by atoms with Crippen molar-refractivity contribution in [2.45, 2.75) is 6.85 Å². The highest BCUT2D eigenvalue weighted by atomic mass is 16.5. The van der Waals surface area contributed by atoms with Crippen molar-refractivity contribution >= 4 is 17.9 Å². The van der Waals surface area contributed by atoms with Gasteiger partial charge in [0.15, 0.2) is 0 Å². The number of rotatable bonds is 4. The van der Waals surface area contributed by atoms with Gasteiger partial charge in [-0.1, -0.05) is 24.3 Å². The van der Waals surface area contributed by atoms with E-state index in [1.807, 2.05) is 0 Å². The second-order valence-corrected chi connectivity index (χ2v) is 4.08. The van der Waals surface area contributed by atoms with Gasteiger partial charge < -0.3 is 14.6 Å². The predicted octanol–water partition coefficient (Wildman–Crippen LogP) is 2.53. The molecule has 1 N–H and O–H groups in total. The van der Waals surface area contributed by atoms with Crippen molar-refractivity contribution in [3.05, 3.63) is 59.7 Å². The van der Waals surface area contributed by atoms with Crippen LogP contribution in [-0.2, 0) is 4.79 Å². The van der Waals surface area contributed by atoms with Crippen molar-refractivity contribution in [1.82, 2.24) is 0 Å². The highest BCUT2D eigenvalue weighted by molar-refractivity contribution is 5.97. The van der Waals surface area contributed by atoms with Crippen LogP contribution in [0.15, 0.2) is 48.5 Å². The van der Waals surface area contributed by atoms with E-state index >= 15 is 0 Å². The maximum absolute atomic E-state index is 12.3. The lowest BCUT2D eigenvalue weighted by molar-refractivity contribution is -0.131. The molecule has 0 spiro atoms. The number of carboxylic acids is 1. The Balaban J connectivity index is 2.29. The molecule has 2 rings (SSSR count). The van der Waals surface area contributed by atoms with Gasteiger partial charge in [-0.2, -0.15) is 0 Å². The molecule has 0 aliphatic heterocycles. The monoisotopic (exact) mass is 303 g/mol. The molecule has 6 nitrogen and oxygen atoms in total. The summed E-state index contributed by atoms with van der Waals surface area (Å²) in [5.41, 5.74) is -0.451. The Morgan fingerprint density at radius 2 is 1.45 bits per heavy atom. The van der Waals surface area contributed by atoms with Gasteiger partial charge in [0.05, 0.1) is 0 Å². The first kappa shape index (κ1) is 11.5. The minimum atomic E-state index is -2.99. The van der Waals surface area contributed by atoms with E-state index in [0.29, 0.717) is 0 Å². The van der Waals surface area contributed by atoms with Crippen LogP contribution in [0.2, 0.25) is 0 Å². The molecule has 0 aromatic heterocycles. The summed E-state index contributed by atoms with van der Waals surface area (Å²) in [6.45, 7) is -2.99. The van der Waals surface area contributed by atoms with Gasteiger partial charge in [-0.15, -0.1) is 0 Å². The normalized spacial score (nSPS) is 12.5. The number of ether oxygens (including phenoxy) is 2. The summed E-state index contributed by atoms with van der Waals surface area (Å²) >= 11 is 0. The molecular weight excluding hydrogens is 288 g/mol. The van der Waals surface area contributed by atoms with Crippen LogP contribution < -0.4 is 9.47 Å². The Kier molecular flexibility index (Phi) is 3.42. The fourth-order valence-electron chi connectivity index (χ4n) is 1.71.